The Kier molecular flexibility index (Phi) is 2.18. The molecule has 0 fully saturated rings. The second kappa shape index (κ2) is 3.12. The lowest BCUT2D eigenvalue weighted by molar-refractivity contribution is -0.138. The lowest BCUT2D eigenvalue weighted by Gasteiger charge is -2.05. The van der Waals surface area contributed by atoms with Crippen molar-refractivity contribution in [1.82, 2.24) is 15.0 Å². The van der Waals surface area contributed by atoms with Gasteiger partial charge in [0, 0.05) is 0 Å². The minimum absolute atomic E-state index is 0.146. The molecule has 0 saturated carbocycles. The molecule has 1 aromatic rings. The van der Waals surface area contributed by atoms with Crippen molar-refractivity contribution >= 4 is 11.8 Å². The fourth-order valence-electron chi connectivity index (χ4n) is 0.630. The van der Waals surface area contributed by atoms with Crippen LogP contribution in [0.5, 0.6) is 0 Å². The molecule has 64 valence electrons. The second-order valence-electron chi connectivity index (χ2n) is 2.26. The number of nitrogens with zero attached hydrogens (tertiary/aromatic N) is 3. The molecule has 6 heteroatoms. The maximum atomic E-state index is 10.4. The quantitative estimate of drug-likeness (QED) is 0.473. The van der Waals surface area contributed by atoms with Gasteiger partial charge in [0.05, 0.1) is 12.4 Å². The molecule has 0 amide bonds. The molecule has 2 N–H and O–H groups in total. The molecule has 0 aliphatic carbocycles. The Bertz CT molecular complexity index is 293. The van der Waals surface area contributed by atoms with Crippen molar-refractivity contribution in [3.8, 4) is 0 Å². The van der Waals surface area contributed by atoms with Crippen molar-refractivity contribution in [1.29, 1.82) is 5.41 Å². The number of nitrogens with one attached hydrogen (secondary N) is 1. The van der Waals surface area contributed by atoms with Gasteiger partial charge in [0.15, 0.2) is 5.84 Å². The van der Waals surface area contributed by atoms with E-state index in [0.29, 0.717) is 0 Å². The van der Waals surface area contributed by atoms with E-state index in [9.17, 15) is 4.79 Å². The lowest BCUT2D eigenvalue weighted by Crippen LogP contribution is -2.27. The van der Waals surface area contributed by atoms with Gasteiger partial charge in [-0.1, -0.05) is 0 Å². The summed E-state index contributed by atoms with van der Waals surface area (Å²) in [6.45, 7) is 1.41. The molecule has 1 atom stereocenters. The molecule has 12 heavy (non-hydrogen) atoms. The van der Waals surface area contributed by atoms with Gasteiger partial charge in [-0.05, 0) is 6.92 Å². The number of rotatable bonds is 2. The van der Waals surface area contributed by atoms with E-state index in [1.54, 1.807) is 0 Å². The Morgan fingerprint density at radius 3 is 2.50 bits per heavy atom. The zero-order valence-corrected chi connectivity index (χ0v) is 6.43. The highest BCUT2D eigenvalue weighted by molar-refractivity contribution is 5.98. The summed E-state index contributed by atoms with van der Waals surface area (Å²) in [5.41, 5.74) is 0. The molecule has 0 aromatic carbocycles. The number of aliphatic carboxylic acids is 1. The third kappa shape index (κ3) is 1.47. The van der Waals surface area contributed by atoms with Crippen LogP contribution >= 0.6 is 0 Å². The number of carboxylic acid groups (broad SMARTS) is 1. The van der Waals surface area contributed by atoms with Crippen LogP contribution in [0.4, 0.5) is 0 Å². The maximum Gasteiger partial charge on any atom is 0.314 e. The molecule has 1 rings (SSSR count). The van der Waals surface area contributed by atoms with Gasteiger partial charge in [-0.3, -0.25) is 10.2 Å². The molecule has 6 nitrogen and oxygen atoms in total. The fourth-order valence-corrected chi connectivity index (χ4v) is 0.630. The minimum atomic E-state index is -1.06. The van der Waals surface area contributed by atoms with Crippen molar-refractivity contribution in [2.75, 3.05) is 0 Å². The van der Waals surface area contributed by atoms with Crippen LogP contribution in [0.2, 0.25) is 0 Å². The highest BCUT2D eigenvalue weighted by atomic mass is 16.4. The standard InChI is InChI=1S/C6H8N4O2/c1-4(6(11)12)5(7)10-8-2-3-9-10/h2-4,7H,1H3,(H,11,12). The van der Waals surface area contributed by atoms with Crippen molar-refractivity contribution in [3.05, 3.63) is 12.4 Å². The minimum Gasteiger partial charge on any atom is -0.481 e. The molecule has 0 bridgehead atoms. The Balaban J connectivity index is 2.79. The molecule has 0 spiro atoms. The molecular weight excluding hydrogens is 160 g/mol. The fraction of sp³-hybridized carbons (Fsp3) is 0.333. The lowest BCUT2D eigenvalue weighted by atomic mass is 10.2. The Labute approximate surface area is 68.3 Å². The number of carboxylic acids is 1. The molecular formula is C6H8N4O2. The van der Waals surface area contributed by atoms with Crippen LogP contribution in [-0.2, 0) is 4.79 Å². The first-order valence-electron chi connectivity index (χ1n) is 3.31. The molecule has 0 aliphatic rings. The number of aromatic nitrogens is 3. The number of hydrogen-bond acceptors (Lipinski definition) is 4. The molecule has 0 radical (unpaired) electrons. The van der Waals surface area contributed by atoms with Crippen molar-refractivity contribution in [2.45, 2.75) is 6.92 Å². The molecule has 1 heterocycles. The van der Waals surface area contributed by atoms with Gasteiger partial charge in [-0.25, -0.2) is 0 Å². The first kappa shape index (κ1) is 8.38. The monoisotopic (exact) mass is 168 g/mol. The summed E-state index contributed by atoms with van der Waals surface area (Å²) in [6, 6.07) is 0. The zero-order chi connectivity index (χ0) is 9.14. The normalized spacial score (nSPS) is 12.4. The van der Waals surface area contributed by atoms with Crippen molar-refractivity contribution in [3.63, 3.8) is 0 Å². The van der Waals surface area contributed by atoms with E-state index >= 15 is 0 Å². The van der Waals surface area contributed by atoms with Crippen molar-refractivity contribution in [2.24, 2.45) is 5.92 Å². The maximum absolute atomic E-state index is 10.4. The van der Waals surface area contributed by atoms with Gasteiger partial charge < -0.3 is 5.11 Å². The Morgan fingerprint density at radius 1 is 1.58 bits per heavy atom. The summed E-state index contributed by atoms with van der Waals surface area (Å²) >= 11 is 0. The van der Waals surface area contributed by atoms with Crippen LogP contribution in [0.3, 0.4) is 0 Å². The van der Waals surface area contributed by atoms with Crippen LogP contribution in [0, 0.1) is 11.3 Å². The topological polar surface area (TPSA) is 91.9 Å². The van der Waals surface area contributed by atoms with Crippen LogP contribution in [0.25, 0.3) is 0 Å². The number of carbonyl (C=O) groups is 1. The summed E-state index contributed by atoms with van der Waals surface area (Å²) in [5.74, 6) is -2.10. The van der Waals surface area contributed by atoms with Gasteiger partial charge in [0.2, 0.25) is 0 Å². The second-order valence-corrected chi connectivity index (χ2v) is 2.26. The summed E-state index contributed by atoms with van der Waals surface area (Å²) in [5, 5.41) is 23.2. The highest BCUT2D eigenvalue weighted by Gasteiger charge is 2.19. The largest absolute Gasteiger partial charge is 0.481 e. The van der Waals surface area contributed by atoms with E-state index in [1.807, 2.05) is 0 Å². The molecule has 0 saturated heterocycles. The Morgan fingerprint density at radius 2 is 2.08 bits per heavy atom. The van der Waals surface area contributed by atoms with Crippen LogP contribution < -0.4 is 0 Å². The summed E-state index contributed by atoms with van der Waals surface area (Å²) in [6.07, 6.45) is 2.78. The first-order valence-corrected chi connectivity index (χ1v) is 3.31. The van der Waals surface area contributed by atoms with E-state index in [-0.39, 0.29) is 5.84 Å². The van der Waals surface area contributed by atoms with E-state index < -0.39 is 11.9 Å². The molecule has 1 unspecified atom stereocenters. The third-order valence-corrected chi connectivity index (χ3v) is 1.41. The SMILES string of the molecule is CC(C(=N)n1nccn1)C(=O)O. The summed E-state index contributed by atoms with van der Waals surface area (Å²) in [4.78, 5) is 11.4. The van der Waals surface area contributed by atoms with Crippen LogP contribution in [0.1, 0.15) is 6.92 Å². The van der Waals surface area contributed by atoms with E-state index in [2.05, 4.69) is 10.2 Å². The predicted molar refractivity (Wildman–Crippen MR) is 39.9 cm³/mol. The molecule has 0 aliphatic heterocycles. The van der Waals surface area contributed by atoms with Crippen LogP contribution in [-0.4, -0.2) is 31.9 Å². The smallest absolute Gasteiger partial charge is 0.314 e. The predicted octanol–water partition coefficient (Wildman–Crippen LogP) is -0.176. The molecule has 1 aromatic heterocycles. The average molecular weight is 168 g/mol. The van der Waals surface area contributed by atoms with Gasteiger partial charge in [-0.15, -0.1) is 4.80 Å². The zero-order valence-electron chi connectivity index (χ0n) is 6.43. The van der Waals surface area contributed by atoms with Gasteiger partial charge in [0.1, 0.15) is 5.92 Å². The average Bonchev–Trinajstić information content (AvgIpc) is 2.53. The highest BCUT2D eigenvalue weighted by Crippen LogP contribution is 1.97. The third-order valence-electron chi connectivity index (χ3n) is 1.41. The van der Waals surface area contributed by atoms with Crippen LogP contribution in [0.15, 0.2) is 12.4 Å². The number of hydrogen-bond donors (Lipinski definition) is 2. The Hall–Kier alpha value is -1.72. The van der Waals surface area contributed by atoms with Gasteiger partial charge in [-0.2, -0.15) is 10.2 Å². The first-order chi connectivity index (χ1) is 5.63. The van der Waals surface area contributed by atoms with E-state index in [4.69, 9.17) is 10.5 Å². The van der Waals surface area contributed by atoms with E-state index in [1.165, 1.54) is 19.3 Å². The van der Waals surface area contributed by atoms with Gasteiger partial charge >= 0.3 is 5.97 Å². The van der Waals surface area contributed by atoms with E-state index in [0.717, 1.165) is 4.80 Å². The van der Waals surface area contributed by atoms with Crippen molar-refractivity contribution < 1.29 is 9.90 Å². The summed E-state index contributed by atoms with van der Waals surface area (Å²) < 4.78 is 0. The summed E-state index contributed by atoms with van der Waals surface area (Å²) in [7, 11) is 0. The van der Waals surface area contributed by atoms with Gasteiger partial charge in [0.25, 0.3) is 0 Å².